The summed E-state index contributed by atoms with van der Waals surface area (Å²) in [5, 5.41) is 9.44. The van der Waals surface area contributed by atoms with E-state index in [-0.39, 0.29) is 24.3 Å². The Morgan fingerprint density at radius 3 is 2.14 bits per heavy atom. The zero-order valence-electron chi connectivity index (χ0n) is 14.4. The van der Waals surface area contributed by atoms with Gasteiger partial charge in [0.05, 0.1) is 5.41 Å². The van der Waals surface area contributed by atoms with Crippen LogP contribution in [0.1, 0.15) is 66.7 Å². The minimum Gasteiger partial charge on any atom is -0.481 e. The number of rotatable bonds is 5. The van der Waals surface area contributed by atoms with Crippen molar-refractivity contribution >= 4 is 11.9 Å². The zero-order chi connectivity index (χ0) is 16.4. The van der Waals surface area contributed by atoms with Crippen molar-refractivity contribution in [1.29, 1.82) is 0 Å². The van der Waals surface area contributed by atoms with Gasteiger partial charge in [-0.3, -0.25) is 9.59 Å². The van der Waals surface area contributed by atoms with Crippen LogP contribution in [0.25, 0.3) is 0 Å². The van der Waals surface area contributed by atoms with Gasteiger partial charge in [0.25, 0.3) is 0 Å². The first kappa shape index (κ1) is 18.0. The molecule has 1 rings (SSSR count). The third kappa shape index (κ3) is 4.21. The molecule has 0 spiro atoms. The second kappa shape index (κ2) is 6.37. The van der Waals surface area contributed by atoms with E-state index in [0.29, 0.717) is 5.41 Å². The van der Waals surface area contributed by atoms with Gasteiger partial charge in [0.15, 0.2) is 0 Å². The third-order valence-corrected chi connectivity index (χ3v) is 5.53. The van der Waals surface area contributed by atoms with Crippen LogP contribution in [-0.2, 0) is 9.59 Å². The second-order valence-electron chi connectivity index (χ2n) is 7.95. The highest BCUT2D eigenvalue weighted by atomic mass is 16.4. The van der Waals surface area contributed by atoms with Crippen LogP contribution in [-0.4, -0.2) is 35.0 Å². The maximum Gasteiger partial charge on any atom is 0.310 e. The van der Waals surface area contributed by atoms with E-state index in [1.165, 1.54) is 0 Å². The molecule has 1 saturated carbocycles. The Morgan fingerprint density at radius 1 is 1.29 bits per heavy atom. The van der Waals surface area contributed by atoms with Gasteiger partial charge in [-0.2, -0.15) is 0 Å². The van der Waals surface area contributed by atoms with Crippen molar-refractivity contribution in [2.75, 3.05) is 7.05 Å². The predicted molar refractivity (Wildman–Crippen MR) is 84.0 cm³/mol. The lowest BCUT2D eigenvalue weighted by atomic mass is 9.74. The Morgan fingerprint density at radius 2 is 1.76 bits per heavy atom. The lowest BCUT2D eigenvalue weighted by Gasteiger charge is -2.39. The molecule has 1 atom stereocenters. The molecule has 4 nitrogen and oxygen atoms in total. The Bertz CT molecular complexity index is 393. The maximum absolute atomic E-state index is 12.5. The van der Waals surface area contributed by atoms with Crippen LogP contribution in [0.5, 0.6) is 0 Å². The van der Waals surface area contributed by atoms with E-state index < -0.39 is 11.4 Å². The van der Waals surface area contributed by atoms with E-state index in [2.05, 4.69) is 13.8 Å². The first-order valence-electron chi connectivity index (χ1n) is 7.98. The molecule has 1 unspecified atom stereocenters. The number of carboxylic acids is 1. The fourth-order valence-corrected chi connectivity index (χ4v) is 2.94. The fourth-order valence-electron chi connectivity index (χ4n) is 2.94. The number of carboxylic acid groups (broad SMARTS) is 1. The fraction of sp³-hybridized carbons (Fsp3) is 0.882. The Balaban J connectivity index is 2.69. The van der Waals surface area contributed by atoms with Gasteiger partial charge < -0.3 is 10.0 Å². The smallest absolute Gasteiger partial charge is 0.310 e. The lowest BCUT2D eigenvalue weighted by molar-refractivity contribution is -0.156. The number of aliphatic carboxylic acids is 1. The molecule has 21 heavy (non-hydrogen) atoms. The summed E-state index contributed by atoms with van der Waals surface area (Å²) in [7, 11) is 1.83. The molecular formula is C17H31NO3. The summed E-state index contributed by atoms with van der Waals surface area (Å²) in [6, 6.07) is 0.260. The van der Waals surface area contributed by atoms with E-state index in [0.717, 1.165) is 25.7 Å². The summed E-state index contributed by atoms with van der Waals surface area (Å²) in [6.45, 7) is 9.95. The quantitative estimate of drug-likeness (QED) is 0.844. The number of hydrogen-bond acceptors (Lipinski definition) is 2. The van der Waals surface area contributed by atoms with Crippen molar-refractivity contribution < 1.29 is 14.7 Å². The molecule has 0 radical (unpaired) electrons. The topological polar surface area (TPSA) is 57.6 Å². The zero-order valence-corrected chi connectivity index (χ0v) is 14.4. The minimum atomic E-state index is -0.987. The molecule has 0 bridgehead atoms. The summed E-state index contributed by atoms with van der Waals surface area (Å²) >= 11 is 0. The summed E-state index contributed by atoms with van der Waals surface area (Å²) in [5.74, 6) is -1.00. The monoisotopic (exact) mass is 297 g/mol. The predicted octanol–water partition coefficient (Wildman–Crippen LogP) is 3.55. The minimum absolute atomic E-state index is 0.0432. The van der Waals surface area contributed by atoms with Gasteiger partial charge in [0.1, 0.15) is 0 Å². The summed E-state index contributed by atoms with van der Waals surface area (Å²) in [6.07, 6.45) is 4.35. The molecule has 1 N–H and O–H groups in total. The highest BCUT2D eigenvalue weighted by molar-refractivity contribution is 5.85. The molecule has 1 aliphatic rings. The molecule has 1 amide bonds. The van der Waals surface area contributed by atoms with E-state index >= 15 is 0 Å². The van der Waals surface area contributed by atoms with Crippen molar-refractivity contribution in [1.82, 2.24) is 4.90 Å². The molecule has 0 aliphatic heterocycles. The first-order valence-corrected chi connectivity index (χ1v) is 7.98. The van der Waals surface area contributed by atoms with Gasteiger partial charge >= 0.3 is 5.97 Å². The molecule has 0 aromatic heterocycles. The molecule has 0 saturated heterocycles. The van der Waals surface area contributed by atoms with E-state index in [9.17, 15) is 14.7 Å². The SMILES string of the molecule is CC(C)C(C)(CC(=O)N(C)C1CCC(C)(C)CC1)C(=O)O. The van der Waals surface area contributed by atoms with Crippen molar-refractivity contribution in [3.05, 3.63) is 0 Å². The standard InChI is InChI=1S/C17H31NO3/c1-12(2)17(5,15(20)21)11-14(19)18(6)13-7-9-16(3,4)10-8-13/h12-13H,7-11H2,1-6H3,(H,20,21). The van der Waals surface area contributed by atoms with E-state index in [1.54, 1.807) is 11.8 Å². The largest absolute Gasteiger partial charge is 0.481 e. The summed E-state index contributed by atoms with van der Waals surface area (Å²) in [5.41, 5.74) is -0.618. The molecule has 1 aliphatic carbocycles. The molecule has 1 fully saturated rings. The van der Waals surface area contributed by atoms with Crippen LogP contribution < -0.4 is 0 Å². The van der Waals surface area contributed by atoms with Crippen LogP contribution in [0.2, 0.25) is 0 Å². The number of nitrogens with zero attached hydrogens (tertiary/aromatic N) is 1. The van der Waals surface area contributed by atoms with Gasteiger partial charge in [0.2, 0.25) is 5.91 Å². The van der Waals surface area contributed by atoms with E-state index in [4.69, 9.17) is 0 Å². The number of hydrogen-bond donors (Lipinski definition) is 1. The first-order chi connectivity index (χ1) is 9.49. The normalized spacial score (nSPS) is 21.9. The Hall–Kier alpha value is -1.06. The van der Waals surface area contributed by atoms with Gasteiger partial charge in [-0.05, 0) is 43.9 Å². The van der Waals surface area contributed by atoms with Crippen LogP contribution in [0, 0.1) is 16.7 Å². The van der Waals surface area contributed by atoms with Gasteiger partial charge in [-0.15, -0.1) is 0 Å². The molecule has 4 heteroatoms. The number of carbonyl (C=O) groups excluding carboxylic acids is 1. The molecule has 0 aromatic rings. The average Bonchev–Trinajstić information content (AvgIpc) is 2.37. The van der Waals surface area contributed by atoms with E-state index in [1.807, 2.05) is 20.9 Å². The summed E-state index contributed by atoms with van der Waals surface area (Å²) in [4.78, 5) is 25.8. The molecule has 0 aromatic carbocycles. The molecular weight excluding hydrogens is 266 g/mol. The molecule has 122 valence electrons. The lowest BCUT2D eigenvalue weighted by Crippen LogP contribution is -2.45. The Labute approximate surface area is 128 Å². The molecule has 0 heterocycles. The van der Waals surface area contributed by atoms with Crippen LogP contribution >= 0.6 is 0 Å². The highest BCUT2D eigenvalue weighted by Crippen LogP contribution is 2.38. The van der Waals surface area contributed by atoms with Crippen LogP contribution in [0.15, 0.2) is 0 Å². The second-order valence-corrected chi connectivity index (χ2v) is 7.95. The number of carbonyl (C=O) groups is 2. The van der Waals surface area contributed by atoms with Crippen molar-refractivity contribution in [3.8, 4) is 0 Å². The van der Waals surface area contributed by atoms with Crippen molar-refractivity contribution in [2.24, 2.45) is 16.7 Å². The van der Waals surface area contributed by atoms with Crippen molar-refractivity contribution in [3.63, 3.8) is 0 Å². The van der Waals surface area contributed by atoms with Crippen LogP contribution in [0.4, 0.5) is 0 Å². The van der Waals surface area contributed by atoms with Crippen LogP contribution in [0.3, 0.4) is 0 Å². The van der Waals surface area contributed by atoms with Gasteiger partial charge in [-0.1, -0.05) is 27.7 Å². The average molecular weight is 297 g/mol. The van der Waals surface area contributed by atoms with Gasteiger partial charge in [-0.25, -0.2) is 0 Å². The van der Waals surface area contributed by atoms with Crippen molar-refractivity contribution in [2.45, 2.75) is 72.8 Å². The maximum atomic E-state index is 12.5. The van der Waals surface area contributed by atoms with Gasteiger partial charge in [0, 0.05) is 19.5 Å². The highest BCUT2D eigenvalue weighted by Gasteiger charge is 2.40. The third-order valence-electron chi connectivity index (χ3n) is 5.53. The summed E-state index contributed by atoms with van der Waals surface area (Å²) < 4.78 is 0. The number of amides is 1. The Kier molecular flexibility index (Phi) is 5.46.